The van der Waals surface area contributed by atoms with Crippen molar-refractivity contribution in [3.8, 4) is 0 Å². The fourth-order valence-corrected chi connectivity index (χ4v) is 1.87. The van der Waals surface area contributed by atoms with Crippen LogP contribution in [0, 0.1) is 0 Å². The van der Waals surface area contributed by atoms with E-state index in [9.17, 15) is 9.90 Å². The van der Waals surface area contributed by atoms with Gasteiger partial charge in [-0.05, 0) is 13.3 Å². The molecule has 0 saturated carbocycles. The van der Waals surface area contributed by atoms with E-state index in [2.05, 4.69) is 9.97 Å². The molecule has 86 valence electrons. The highest BCUT2D eigenvalue weighted by Crippen LogP contribution is 2.21. The number of hydrogen-bond donors (Lipinski definition) is 1. The first-order chi connectivity index (χ1) is 7.48. The minimum absolute atomic E-state index is 0.191. The van der Waals surface area contributed by atoms with Crippen LogP contribution in [0.5, 0.6) is 0 Å². The summed E-state index contributed by atoms with van der Waals surface area (Å²) in [6.45, 7) is 2.56. The summed E-state index contributed by atoms with van der Waals surface area (Å²) in [5.74, 6) is -0.243. The van der Waals surface area contributed by atoms with Crippen molar-refractivity contribution in [1.82, 2.24) is 14.9 Å². The van der Waals surface area contributed by atoms with Crippen LogP contribution >= 0.6 is 11.6 Å². The van der Waals surface area contributed by atoms with E-state index in [0.717, 1.165) is 0 Å². The Balaban J connectivity index is 2.15. The Morgan fingerprint density at radius 2 is 2.38 bits per heavy atom. The van der Waals surface area contributed by atoms with Crippen molar-refractivity contribution in [1.29, 1.82) is 0 Å². The first-order valence-electron chi connectivity index (χ1n) is 4.97. The lowest BCUT2D eigenvalue weighted by Gasteiger charge is -2.18. The normalized spacial score (nSPS) is 24.8. The molecule has 5 nitrogen and oxygen atoms in total. The molecule has 6 heteroatoms. The van der Waals surface area contributed by atoms with E-state index >= 15 is 0 Å². The van der Waals surface area contributed by atoms with Gasteiger partial charge in [-0.25, -0.2) is 4.98 Å². The number of β-amino-alcohol motifs (C(OH)–C–C–N with tert-alkyl or cyclic N) is 1. The van der Waals surface area contributed by atoms with Crippen molar-refractivity contribution in [2.24, 2.45) is 0 Å². The third kappa shape index (κ3) is 2.31. The number of amides is 1. The molecule has 2 rings (SSSR count). The molecule has 0 aliphatic carbocycles. The molecular weight excluding hydrogens is 230 g/mol. The lowest BCUT2D eigenvalue weighted by Crippen LogP contribution is -2.34. The Hall–Kier alpha value is -1.20. The lowest BCUT2D eigenvalue weighted by molar-refractivity contribution is 0.0568. The van der Waals surface area contributed by atoms with Gasteiger partial charge in [0.05, 0.1) is 18.0 Å². The maximum Gasteiger partial charge on any atom is 0.274 e. The zero-order chi connectivity index (χ0) is 11.8. The van der Waals surface area contributed by atoms with E-state index in [1.807, 2.05) is 0 Å². The smallest absolute Gasteiger partial charge is 0.274 e. The molecule has 1 aliphatic rings. The van der Waals surface area contributed by atoms with Crippen molar-refractivity contribution in [3.63, 3.8) is 0 Å². The minimum atomic E-state index is -0.804. The van der Waals surface area contributed by atoms with E-state index in [1.165, 1.54) is 12.4 Å². The van der Waals surface area contributed by atoms with E-state index in [-0.39, 0.29) is 16.8 Å². The molecule has 0 bridgehead atoms. The number of aliphatic hydroxyl groups is 1. The Labute approximate surface area is 98.1 Å². The second-order valence-corrected chi connectivity index (χ2v) is 4.59. The second kappa shape index (κ2) is 3.99. The van der Waals surface area contributed by atoms with Crippen molar-refractivity contribution in [3.05, 3.63) is 23.2 Å². The number of carbonyl (C=O) groups is 1. The maximum absolute atomic E-state index is 11.9. The summed E-state index contributed by atoms with van der Waals surface area (Å²) in [5.41, 5.74) is -0.591. The number of carbonyl (C=O) groups excluding carboxylic acids is 1. The van der Waals surface area contributed by atoms with Gasteiger partial charge in [0.25, 0.3) is 5.91 Å². The van der Waals surface area contributed by atoms with E-state index < -0.39 is 5.60 Å². The Morgan fingerprint density at radius 3 is 2.94 bits per heavy atom. The first kappa shape index (κ1) is 11.3. The molecule has 1 atom stereocenters. The number of halogens is 1. The number of nitrogens with zero attached hydrogens (tertiary/aromatic N) is 3. The molecule has 1 amide bonds. The van der Waals surface area contributed by atoms with Crippen molar-refractivity contribution in [2.45, 2.75) is 18.9 Å². The number of aromatic nitrogens is 2. The number of likely N-dealkylation sites (tertiary alicyclic amines) is 1. The predicted octanol–water partition coefficient (Wildman–Crippen LogP) is 0.727. The summed E-state index contributed by atoms with van der Waals surface area (Å²) in [6, 6.07) is 0. The van der Waals surface area contributed by atoms with Crippen molar-refractivity contribution in [2.75, 3.05) is 13.1 Å². The van der Waals surface area contributed by atoms with Gasteiger partial charge in [0.15, 0.2) is 0 Å². The van der Waals surface area contributed by atoms with Crippen LogP contribution < -0.4 is 0 Å². The molecule has 0 aromatic carbocycles. The monoisotopic (exact) mass is 241 g/mol. The van der Waals surface area contributed by atoms with Gasteiger partial charge in [-0.3, -0.25) is 9.78 Å². The fourth-order valence-electron chi connectivity index (χ4n) is 1.73. The lowest BCUT2D eigenvalue weighted by atomic mass is 10.1. The molecule has 1 saturated heterocycles. The molecule has 1 aliphatic heterocycles. The van der Waals surface area contributed by atoms with Crippen LogP contribution in [0.4, 0.5) is 0 Å². The van der Waals surface area contributed by atoms with Crippen molar-refractivity contribution < 1.29 is 9.90 Å². The van der Waals surface area contributed by atoms with Crippen molar-refractivity contribution >= 4 is 17.5 Å². The quantitative estimate of drug-likeness (QED) is 0.787. The third-order valence-electron chi connectivity index (χ3n) is 2.56. The SMILES string of the molecule is CC1(O)CCN(C(=O)c2cncc(Cl)n2)C1. The van der Waals surface area contributed by atoms with E-state index in [1.54, 1.807) is 11.8 Å². The second-order valence-electron chi connectivity index (χ2n) is 4.20. The summed E-state index contributed by atoms with van der Waals surface area (Å²) in [7, 11) is 0. The van der Waals surface area contributed by atoms with Crippen LogP contribution in [0.1, 0.15) is 23.8 Å². The molecular formula is C10H12ClN3O2. The summed E-state index contributed by atoms with van der Waals surface area (Å²) in [6.07, 6.45) is 3.33. The molecule has 1 N–H and O–H groups in total. The zero-order valence-corrected chi connectivity index (χ0v) is 9.61. The average Bonchev–Trinajstić information content (AvgIpc) is 2.58. The third-order valence-corrected chi connectivity index (χ3v) is 2.75. The van der Waals surface area contributed by atoms with Gasteiger partial charge in [0.2, 0.25) is 0 Å². The van der Waals surface area contributed by atoms with Crippen LogP contribution in [0.15, 0.2) is 12.4 Å². The van der Waals surface area contributed by atoms with Gasteiger partial charge in [-0.1, -0.05) is 11.6 Å². The van der Waals surface area contributed by atoms with Gasteiger partial charge in [-0.2, -0.15) is 0 Å². The van der Waals surface area contributed by atoms with Crippen LogP contribution in [0.3, 0.4) is 0 Å². The summed E-state index contributed by atoms with van der Waals surface area (Å²) in [5, 5.41) is 9.95. The number of hydrogen-bond acceptors (Lipinski definition) is 4. The highest BCUT2D eigenvalue weighted by atomic mass is 35.5. The Bertz CT molecular complexity index is 422. The topological polar surface area (TPSA) is 66.3 Å². The van der Waals surface area contributed by atoms with Gasteiger partial charge < -0.3 is 10.0 Å². The molecule has 0 radical (unpaired) electrons. The summed E-state index contributed by atoms with van der Waals surface area (Å²) in [4.78, 5) is 21.2. The minimum Gasteiger partial charge on any atom is -0.388 e. The molecule has 2 heterocycles. The predicted molar refractivity (Wildman–Crippen MR) is 58.2 cm³/mol. The molecule has 1 aromatic rings. The standard InChI is InChI=1S/C10H12ClN3O2/c1-10(16)2-3-14(6-10)9(15)7-4-12-5-8(11)13-7/h4-5,16H,2-3,6H2,1H3. The molecule has 1 aromatic heterocycles. The summed E-state index contributed by atoms with van der Waals surface area (Å²) < 4.78 is 0. The highest BCUT2D eigenvalue weighted by molar-refractivity contribution is 6.29. The first-order valence-corrected chi connectivity index (χ1v) is 5.35. The van der Waals surface area contributed by atoms with Crippen LogP contribution in [0.25, 0.3) is 0 Å². The Morgan fingerprint density at radius 1 is 1.62 bits per heavy atom. The molecule has 1 unspecified atom stereocenters. The van der Waals surface area contributed by atoms with E-state index in [4.69, 9.17) is 11.6 Å². The van der Waals surface area contributed by atoms with Crippen LogP contribution in [-0.2, 0) is 0 Å². The summed E-state index contributed by atoms with van der Waals surface area (Å²) >= 11 is 5.66. The highest BCUT2D eigenvalue weighted by Gasteiger charge is 2.34. The van der Waals surface area contributed by atoms with Gasteiger partial charge in [0, 0.05) is 13.1 Å². The Kier molecular flexibility index (Phi) is 2.82. The van der Waals surface area contributed by atoms with E-state index in [0.29, 0.717) is 19.5 Å². The van der Waals surface area contributed by atoms with Gasteiger partial charge in [0.1, 0.15) is 10.8 Å². The number of rotatable bonds is 1. The van der Waals surface area contributed by atoms with Crippen LogP contribution in [0.2, 0.25) is 5.15 Å². The molecule has 0 spiro atoms. The molecule has 16 heavy (non-hydrogen) atoms. The maximum atomic E-state index is 11.9. The molecule has 1 fully saturated rings. The van der Waals surface area contributed by atoms with Gasteiger partial charge in [-0.15, -0.1) is 0 Å². The average molecular weight is 242 g/mol. The fraction of sp³-hybridized carbons (Fsp3) is 0.500. The zero-order valence-electron chi connectivity index (χ0n) is 8.85. The largest absolute Gasteiger partial charge is 0.388 e. The van der Waals surface area contributed by atoms with Gasteiger partial charge >= 0.3 is 0 Å². The van der Waals surface area contributed by atoms with Crippen LogP contribution in [-0.4, -0.2) is 44.6 Å².